The Kier molecular flexibility index (Phi) is 6.65. The molecular weight excluding hydrogens is 383 g/mol. The van der Waals surface area contributed by atoms with Crippen molar-refractivity contribution in [3.8, 4) is 0 Å². The fraction of sp³-hybridized carbons (Fsp3) is 0.235. The molecule has 0 spiro atoms. The van der Waals surface area contributed by atoms with Crippen LogP contribution in [0.1, 0.15) is 22.5 Å². The number of amides is 1. The molecule has 1 heterocycles. The minimum absolute atomic E-state index is 0.0460. The molecule has 1 aromatic heterocycles. The van der Waals surface area contributed by atoms with Crippen LogP contribution < -0.4 is 5.01 Å². The summed E-state index contributed by atoms with van der Waals surface area (Å²) in [6.45, 7) is 0.0714. The van der Waals surface area contributed by atoms with Gasteiger partial charge < -0.3 is 9.47 Å². The summed E-state index contributed by atoms with van der Waals surface area (Å²) in [4.78, 5) is 36.2. The van der Waals surface area contributed by atoms with E-state index in [0.29, 0.717) is 5.02 Å². The van der Waals surface area contributed by atoms with Gasteiger partial charge in [-0.15, -0.1) is 0 Å². The second-order valence-electron chi connectivity index (χ2n) is 5.21. The van der Waals surface area contributed by atoms with Gasteiger partial charge in [-0.3, -0.25) is 9.59 Å². The zero-order valence-corrected chi connectivity index (χ0v) is 15.6. The molecule has 0 radical (unpaired) electrons. The van der Waals surface area contributed by atoms with E-state index in [1.54, 1.807) is 24.3 Å². The van der Waals surface area contributed by atoms with Crippen LogP contribution >= 0.6 is 23.2 Å². The van der Waals surface area contributed by atoms with E-state index in [0.717, 1.165) is 5.56 Å². The SMILES string of the molecule is COC(=O)CC(=O)N(Cc1ccc(Cl)cc1)n1cc(Cl)cc1C(=O)OC. The predicted octanol–water partition coefficient (Wildman–Crippen LogP) is 2.81. The van der Waals surface area contributed by atoms with Gasteiger partial charge in [0.1, 0.15) is 12.1 Å². The first-order valence-corrected chi connectivity index (χ1v) is 8.19. The first-order chi connectivity index (χ1) is 12.3. The number of halogens is 2. The van der Waals surface area contributed by atoms with Gasteiger partial charge in [0, 0.05) is 11.2 Å². The van der Waals surface area contributed by atoms with Gasteiger partial charge in [0.2, 0.25) is 0 Å². The third-order valence-corrected chi connectivity index (χ3v) is 3.94. The number of benzene rings is 1. The molecule has 0 aliphatic heterocycles. The molecule has 9 heteroatoms. The predicted molar refractivity (Wildman–Crippen MR) is 95.8 cm³/mol. The van der Waals surface area contributed by atoms with Gasteiger partial charge in [0.25, 0.3) is 5.91 Å². The molecule has 1 aromatic carbocycles. The first kappa shape index (κ1) is 19.8. The van der Waals surface area contributed by atoms with Crippen LogP contribution in [0, 0.1) is 0 Å². The molecule has 0 saturated heterocycles. The van der Waals surface area contributed by atoms with Crippen molar-refractivity contribution in [1.82, 2.24) is 4.68 Å². The standard InChI is InChI=1S/C17H16Cl2N2O5/c1-25-16(23)8-15(22)21(9-11-3-5-12(18)6-4-11)20-10-13(19)7-14(20)17(24)26-2/h3-7,10H,8-9H2,1-2H3. The molecule has 0 unspecified atom stereocenters. The smallest absolute Gasteiger partial charge is 0.356 e. The van der Waals surface area contributed by atoms with Crippen LogP contribution in [0.3, 0.4) is 0 Å². The van der Waals surface area contributed by atoms with Gasteiger partial charge >= 0.3 is 11.9 Å². The maximum atomic E-state index is 12.6. The summed E-state index contributed by atoms with van der Waals surface area (Å²) in [7, 11) is 2.40. The number of carbonyl (C=O) groups excluding carboxylic acids is 3. The Bertz CT molecular complexity index is 817. The van der Waals surface area contributed by atoms with Crippen molar-refractivity contribution >= 4 is 41.0 Å². The summed E-state index contributed by atoms with van der Waals surface area (Å²) in [5.74, 6) is -1.96. The first-order valence-electron chi connectivity index (χ1n) is 7.43. The monoisotopic (exact) mass is 398 g/mol. The lowest BCUT2D eigenvalue weighted by Gasteiger charge is -2.25. The van der Waals surface area contributed by atoms with Crippen molar-refractivity contribution < 1.29 is 23.9 Å². The second-order valence-corrected chi connectivity index (χ2v) is 6.08. The van der Waals surface area contributed by atoms with Gasteiger partial charge in [0.05, 0.1) is 25.8 Å². The molecule has 2 rings (SSSR count). The van der Waals surface area contributed by atoms with E-state index >= 15 is 0 Å². The minimum atomic E-state index is -0.700. The average molecular weight is 399 g/mol. The zero-order valence-electron chi connectivity index (χ0n) is 14.1. The summed E-state index contributed by atoms with van der Waals surface area (Å²) in [6.07, 6.45) is 0.888. The number of methoxy groups -OCH3 is 2. The van der Waals surface area contributed by atoms with E-state index in [9.17, 15) is 14.4 Å². The van der Waals surface area contributed by atoms with E-state index in [4.69, 9.17) is 27.9 Å². The summed E-state index contributed by atoms with van der Waals surface area (Å²) in [5.41, 5.74) is 0.776. The molecular formula is C17H16Cl2N2O5. The Hall–Kier alpha value is -2.51. The van der Waals surface area contributed by atoms with Crippen molar-refractivity contribution in [3.05, 3.63) is 57.8 Å². The number of rotatable bonds is 6. The third-order valence-electron chi connectivity index (χ3n) is 3.48. The lowest BCUT2D eigenvalue weighted by molar-refractivity contribution is -0.143. The Balaban J connectivity index is 2.43. The topological polar surface area (TPSA) is 77.8 Å². The number of nitrogens with zero attached hydrogens (tertiary/aromatic N) is 2. The molecule has 0 saturated carbocycles. The highest BCUT2D eigenvalue weighted by Gasteiger charge is 2.25. The maximum absolute atomic E-state index is 12.6. The van der Waals surface area contributed by atoms with Crippen LogP contribution in [0.2, 0.25) is 10.0 Å². The molecule has 0 atom stereocenters. The molecule has 0 aliphatic carbocycles. The minimum Gasteiger partial charge on any atom is -0.469 e. The number of esters is 2. The molecule has 138 valence electrons. The number of hydrogen-bond donors (Lipinski definition) is 0. The van der Waals surface area contributed by atoms with Crippen molar-refractivity contribution in [1.29, 1.82) is 0 Å². The Morgan fingerprint density at radius 2 is 1.69 bits per heavy atom. The van der Waals surface area contributed by atoms with E-state index in [1.807, 2.05) is 0 Å². The highest BCUT2D eigenvalue weighted by Crippen LogP contribution is 2.19. The van der Waals surface area contributed by atoms with E-state index in [2.05, 4.69) is 4.74 Å². The maximum Gasteiger partial charge on any atom is 0.356 e. The number of carbonyl (C=O) groups is 3. The number of hydrogen-bond acceptors (Lipinski definition) is 5. The van der Waals surface area contributed by atoms with Crippen molar-refractivity contribution in [3.63, 3.8) is 0 Å². The Morgan fingerprint density at radius 3 is 2.27 bits per heavy atom. The highest BCUT2D eigenvalue weighted by atomic mass is 35.5. The molecule has 0 aliphatic rings. The summed E-state index contributed by atoms with van der Waals surface area (Å²) < 4.78 is 10.5. The molecule has 7 nitrogen and oxygen atoms in total. The van der Waals surface area contributed by atoms with Gasteiger partial charge in [-0.2, -0.15) is 0 Å². The average Bonchev–Trinajstić information content (AvgIpc) is 3.01. The van der Waals surface area contributed by atoms with Gasteiger partial charge in [0.15, 0.2) is 0 Å². The summed E-state index contributed by atoms with van der Waals surface area (Å²) in [6, 6.07) is 8.16. The van der Waals surface area contributed by atoms with E-state index in [-0.39, 0.29) is 17.3 Å². The molecule has 1 amide bonds. The lowest BCUT2D eigenvalue weighted by atomic mass is 10.2. The summed E-state index contributed by atoms with van der Waals surface area (Å²) >= 11 is 11.9. The second kappa shape index (κ2) is 8.73. The number of ether oxygens (including phenoxy) is 2. The van der Waals surface area contributed by atoms with Crippen LogP contribution in [0.5, 0.6) is 0 Å². The van der Waals surface area contributed by atoms with Gasteiger partial charge in [-0.05, 0) is 23.8 Å². The quantitative estimate of drug-likeness (QED) is 0.552. The van der Waals surface area contributed by atoms with Crippen molar-refractivity contribution in [2.45, 2.75) is 13.0 Å². The zero-order chi connectivity index (χ0) is 19.3. The molecule has 0 N–H and O–H groups in total. The van der Waals surface area contributed by atoms with E-state index in [1.165, 1.54) is 36.2 Å². The van der Waals surface area contributed by atoms with Crippen LogP contribution in [-0.4, -0.2) is 36.7 Å². The van der Waals surface area contributed by atoms with E-state index < -0.39 is 24.3 Å². The van der Waals surface area contributed by atoms with Gasteiger partial charge in [-0.1, -0.05) is 35.3 Å². The van der Waals surface area contributed by atoms with Crippen LogP contribution in [0.25, 0.3) is 0 Å². The van der Waals surface area contributed by atoms with Crippen LogP contribution in [-0.2, 0) is 25.6 Å². The molecule has 2 aromatic rings. The third kappa shape index (κ3) is 4.77. The van der Waals surface area contributed by atoms with Crippen molar-refractivity contribution in [2.24, 2.45) is 0 Å². The highest BCUT2D eigenvalue weighted by molar-refractivity contribution is 6.31. The fourth-order valence-corrected chi connectivity index (χ4v) is 2.53. The largest absolute Gasteiger partial charge is 0.469 e. The molecule has 0 bridgehead atoms. The fourth-order valence-electron chi connectivity index (χ4n) is 2.21. The van der Waals surface area contributed by atoms with Crippen LogP contribution in [0.4, 0.5) is 0 Å². The normalized spacial score (nSPS) is 10.3. The Labute approximate surface area is 160 Å². The van der Waals surface area contributed by atoms with Crippen molar-refractivity contribution in [2.75, 3.05) is 19.2 Å². The van der Waals surface area contributed by atoms with Gasteiger partial charge in [-0.25, -0.2) is 14.5 Å². The Morgan fingerprint density at radius 1 is 1.04 bits per heavy atom. The summed E-state index contributed by atoms with van der Waals surface area (Å²) in [5, 5.41) is 1.98. The lowest BCUT2D eigenvalue weighted by Crippen LogP contribution is -2.42. The molecule has 0 fully saturated rings. The van der Waals surface area contributed by atoms with Crippen LogP contribution in [0.15, 0.2) is 36.5 Å². The molecule has 26 heavy (non-hydrogen) atoms. The number of aromatic nitrogens is 1.